The number of quaternary nitrogens is 1. The molecule has 0 atom stereocenters. The van der Waals surface area contributed by atoms with Crippen LogP contribution in [-0.2, 0) is 0 Å². The molecule has 3 heteroatoms. The van der Waals surface area contributed by atoms with Crippen molar-refractivity contribution in [3.63, 3.8) is 0 Å². The summed E-state index contributed by atoms with van der Waals surface area (Å²) in [5.74, 6) is 0. The maximum absolute atomic E-state index is 9.96. The van der Waals surface area contributed by atoms with Gasteiger partial charge in [-0.05, 0) is 38.5 Å². The monoisotopic (exact) mass is 365 g/mol. The van der Waals surface area contributed by atoms with Crippen molar-refractivity contribution in [3.05, 3.63) is 0 Å². The summed E-state index contributed by atoms with van der Waals surface area (Å²) >= 11 is 0. The zero-order valence-electron chi connectivity index (χ0n) is 14.9. The molecule has 130 valence electrons. The second kappa shape index (κ2) is 16.8. The first-order chi connectivity index (χ1) is 9.74. The van der Waals surface area contributed by atoms with Gasteiger partial charge in [-0.1, -0.05) is 52.9 Å². The van der Waals surface area contributed by atoms with Crippen molar-refractivity contribution in [2.24, 2.45) is 0 Å². The molecule has 2 nitrogen and oxygen atoms in total. The summed E-state index contributed by atoms with van der Waals surface area (Å²) in [6.07, 6.45) is 14.4. The lowest BCUT2D eigenvalue weighted by Gasteiger charge is -2.37. The number of hydrogen-bond acceptors (Lipinski definition) is 1. The number of halogens is 1. The Morgan fingerprint density at radius 2 is 0.905 bits per heavy atom. The molecule has 0 radical (unpaired) electrons. The van der Waals surface area contributed by atoms with Crippen LogP contribution in [0, 0.1) is 0 Å². The van der Waals surface area contributed by atoms with Gasteiger partial charge in [0.05, 0.1) is 19.6 Å². The van der Waals surface area contributed by atoms with Crippen molar-refractivity contribution in [2.75, 3.05) is 26.4 Å². The number of rotatable bonds is 15. The van der Waals surface area contributed by atoms with E-state index in [0.717, 1.165) is 4.48 Å². The third kappa shape index (κ3) is 12.6. The Bertz CT molecular complexity index is 188. The molecule has 0 spiro atoms. The summed E-state index contributed by atoms with van der Waals surface area (Å²) in [5, 5.41) is 9.96. The number of hydrogen-bond donors (Lipinski definition) is 1. The van der Waals surface area contributed by atoms with Crippen LogP contribution in [0.15, 0.2) is 0 Å². The largest absolute Gasteiger partial charge is 1.00 e. The predicted octanol–water partition coefficient (Wildman–Crippen LogP) is 2.11. The van der Waals surface area contributed by atoms with E-state index in [0.29, 0.717) is 6.73 Å². The van der Waals surface area contributed by atoms with Gasteiger partial charge in [-0.2, -0.15) is 0 Å². The van der Waals surface area contributed by atoms with Gasteiger partial charge in [-0.15, -0.1) is 0 Å². The Morgan fingerprint density at radius 1 is 0.571 bits per heavy atom. The molecule has 0 amide bonds. The maximum atomic E-state index is 9.96. The standard InChI is InChI=1S/C18H40NO.BrH/c1-4-7-10-13-16-19(18-20,15-12-9-6-3)17-14-11-8-5-2;/h20H,4-18H2,1-3H3;1H/q+1;/p-1. The van der Waals surface area contributed by atoms with E-state index in [9.17, 15) is 5.11 Å². The second-order valence-electron chi connectivity index (χ2n) is 6.48. The molecule has 0 heterocycles. The van der Waals surface area contributed by atoms with Gasteiger partial charge >= 0.3 is 0 Å². The van der Waals surface area contributed by atoms with Crippen molar-refractivity contribution in [3.8, 4) is 0 Å². The number of unbranched alkanes of at least 4 members (excludes halogenated alkanes) is 8. The number of aliphatic hydroxyl groups excluding tert-OH is 1. The van der Waals surface area contributed by atoms with Crippen LogP contribution < -0.4 is 17.0 Å². The summed E-state index contributed by atoms with van der Waals surface area (Å²) in [6.45, 7) is 10.7. The van der Waals surface area contributed by atoms with Crippen LogP contribution in [0.1, 0.15) is 91.4 Å². The molecular weight excluding hydrogens is 326 g/mol. The minimum atomic E-state index is 0. The predicted molar refractivity (Wildman–Crippen MR) is 89.8 cm³/mol. The number of nitrogens with zero attached hydrogens (tertiary/aromatic N) is 1. The first-order valence-electron chi connectivity index (χ1n) is 9.20. The summed E-state index contributed by atoms with van der Waals surface area (Å²) in [7, 11) is 0. The van der Waals surface area contributed by atoms with Crippen molar-refractivity contribution in [1.82, 2.24) is 0 Å². The fraction of sp³-hybridized carbons (Fsp3) is 1.00. The van der Waals surface area contributed by atoms with Crippen LogP contribution in [0.2, 0.25) is 0 Å². The molecule has 0 unspecified atom stereocenters. The highest BCUT2D eigenvalue weighted by Crippen LogP contribution is 2.16. The summed E-state index contributed by atoms with van der Waals surface area (Å²) < 4.78 is 0.966. The highest BCUT2D eigenvalue weighted by Gasteiger charge is 2.24. The average molecular weight is 366 g/mol. The van der Waals surface area contributed by atoms with Crippen LogP contribution >= 0.6 is 0 Å². The van der Waals surface area contributed by atoms with Crippen LogP contribution in [0.3, 0.4) is 0 Å². The molecule has 0 fully saturated rings. The smallest absolute Gasteiger partial charge is 0.180 e. The quantitative estimate of drug-likeness (QED) is 0.267. The lowest BCUT2D eigenvalue weighted by Crippen LogP contribution is -3.00. The molecule has 21 heavy (non-hydrogen) atoms. The molecule has 0 saturated heterocycles. The first-order valence-corrected chi connectivity index (χ1v) is 9.20. The van der Waals surface area contributed by atoms with Gasteiger partial charge in [0.15, 0.2) is 6.73 Å². The van der Waals surface area contributed by atoms with E-state index in [-0.39, 0.29) is 17.0 Å². The lowest BCUT2D eigenvalue weighted by atomic mass is 10.1. The van der Waals surface area contributed by atoms with E-state index >= 15 is 0 Å². The van der Waals surface area contributed by atoms with E-state index in [1.165, 1.54) is 90.3 Å². The molecule has 0 bridgehead atoms. The third-order valence-corrected chi connectivity index (χ3v) is 4.51. The van der Waals surface area contributed by atoms with Gasteiger partial charge in [-0.3, -0.25) is 0 Å². The van der Waals surface area contributed by atoms with Crippen molar-refractivity contribution >= 4 is 0 Å². The summed E-state index contributed by atoms with van der Waals surface area (Å²) in [4.78, 5) is 0. The molecule has 0 aliphatic rings. The molecule has 0 saturated carbocycles. The van der Waals surface area contributed by atoms with Gasteiger partial charge in [0, 0.05) is 0 Å². The van der Waals surface area contributed by atoms with Crippen molar-refractivity contribution in [2.45, 2.75) is 91.4 Å². The van der Waals surface area contributed by atoms with Crippen LogP contribution in [0.4, 0.5) is 0 Å². The highest BCUT2D eigenvalue weighted by atomic mass is 79.9. The molecule has 0 aliphatic carbocycles. The first kappa shape index (κ1) is 23.7. The minimum Gasteiger partial charge on any atom is -1.00 e. The molecule has 0 aromatic carbocycles. The van der Waals surface area contributed by atoms with Gasteiger partial charge in [-0.25, -0.2) is 0 Å². The van der Waals surface area contributed by atoms with Crippen molar-refractivity contribution in [1.29, 1.82) is 0 Å². The van der Waals surface area contributed by atoms with E-state index in [1.807, 2.05) is 0 Å². The molecule has 0 aromatic heterocycles. The zero-order valence-corrected chi connectivity index (χ0v) is 16.5. The maximum Gasteiger partial charge on any atom is 0.180 e. The molecule has 1 N–H and O–H groups in total. The second-order valence-corrected chi connectivity index (χ2v) is 6.48. The Morgan fingerprint density at radius 3 is 1.24 bits per heavy atom. The molecule has 0 rings (SSSR count). The Hall–Kier alpha value is 0.400. The Balaban J connectivity index is 0. The van der Waals surface area contributed by atoms with Gasteiger partial charge in [0.2, 0.25) is 0 Å². The summed E-state index contributed by atoms with van der Waals surface area (Å²) in [6, 6.07) is 0. The van der Waals surface area contributed by atoms with Gasteiger partial charge in [0.1, 0.15) is 0 Å². The van der Waals surface area contributed by atoms with Crippen molar-refractivity contribution < 1.29 is 26.6 Å². The van der Waals surface area contributed by atoms with Gasteiger partial charge < -0.3 is 26.6 Å². The topological polar surface area (TPSA) is 20.2 Å². The van der Waals surface area contributed by atoms with Gasteiger partial charge in [0.25, 0.3) is 0 Å². The van der Waals surface area contributed by atoms with E-state index in [2.05, 4.69) is 20.8 Å². The SMILES string of the molecule is CCCCCC[N+](CO)(CCCCC)CCCCCC.[Br-]. The highest BCUT2D eigenvalue weighted by molar-refractivity contribution is 4.49. The average Bonchev–Trinajstić information content (AvgIpc) is 2.47. The third-order valence-electron chi connectivity index (χ3n) is 4.51. The lowest BCUT2D eigenvalue weighted by molar-refractivity contribution is -0.945. The fourth-order valence-electron chi connectivity index (χ4n) is 2.99. The van der Waals surface area contributed by atoms with Crippen LogP contribution in [0.25, 0.3) is 0 Å². The molecule has 0 aromatic rings. The zero-order chi connectivity index (χ0) is 15.1. The molecular formula is C18H40BrNO. The molecule has 0 aliphatic heterocycles. The van der Waals surface area contributed by atoms with E-state index < -0.39 is 0 Å². The number of aliphatic hydroxyl groups is 1. The normalized spacial score (nSPS) is 11.4. The Kier molecular flexibility index (Phi) is 18.9. The fourth-order valence-corrected chi connectivity index (χ4v) is 2.99. The van der Waals surface area contributed by atoms with Crippen LogP contribution in [0.5, 0.6) is 0 Å². The Labute approximate surface area is 144 Å². The van der Waals surface area contributed by atoms with Crippen LogP contribution in [-0.4, -0.2) is 36.0 Å². The minimum absolute atomic E-state index is 0. The van der Waals surface area contributed by atoms with E-state index in [1.54, 1.807) is 0 Å². The summed E-state index contributed by atoms with van der Waals surface area (Å²) in [5.41, 5.74) is 0. The van der Waals surface area contributed by atoms with E-state index in [4.69, 9.17) is 0 Å².